The zero-order chi connectivity index (χ0) is 67.7. The molecule has 0 aliphatic rings. The van der Waals surface area contributed by atoms with Crippen LogP contribution in [0.1, 0.15) is 33.4 Å². The van der Waals surface area contributed by atoms with Gasteiger partial charge in [-0.3, -0.25) is 30.0 Å². The van der Waals surface area contributed by atoms with E-state index in [0.717, 1.165) is 71.7 Å². The van der Waals surface area contributed by atoms with Gasteiger partial charge < -0.3 is 35.7 Å². The van der Waals surface area contributed by atoms with Crippen molar-refractivity contribution in [1.29, 1.82) is 0 Å². The molecule has 0 unspecified atom stereocenters. The molecule has 0 bridgehead atoms. The summed E-state index contributed by atoms with van der Waals surface area (Å²) in [6, 6.07) is 88.8. The summed E-state index contributed by atoms with van der Waals surface area (Å²) in [5, 5.41) is 92.8. The predicted octanol–water partition coefficient (Wildman–Crippen LogP) is 16.5. The van der Waals surface area contributed by atoms with Crippen LogP contribution in [-0.2, 0) is 0 Å². The van der Waals surface area contributed by atoms with E-state index >= 15 is 0 Å². The normalized spacial score (nSPS) is 11.3. The van der Waals surface area contributed by atoms with Gasteiger partial charge in [0.2, 0.25) is 0 Å². The average Bonchev–Trinajstić information content (AvgIpc) is 0.838. The van der Waals surface area contributed by atoms with Gasteiger partial charge in [-0.2, -0.15) is 0 Å². The second kappa shape index (κ2) is 34.6. The van der Waals surface area contributed by atoms with E-state index in [9.17, 15) is 30.6 Å². The van der Waals surface area contributed by atoms with Crippen LogP contribution in [-0.4, -0.2) is 49.5 Å². The molecule has 0 saturated carbocycles. The molecule has 15 heteroatoms. The van der Waals surface area contributed by atoms with Crippen molar-refractivity contribution in [3.8, 4) is 34.5 Å². The van der Waals surface area contributed by atoms with Crippen LogP contribution >= 0.6 is 0 Å². The van der Waals surface area contributed by atoms with Crippen molar-refractivity contribution in [2.24, 2.45) is 30.0 Å². The molecule has 100 heavy (non-hydrogen) atoms. The van der Waals surface area contributed by atoms with E-state index in [4.69, 9.17) is 5.11 Å². The molecule has 15 aromatic rings. The minimum atomic E-state index is -0.0832. The number of aliphatic hydroxyl groups is 1. The molecule has 0 radical (unpaired) electrons. The molecule has 15 rings (SSSR count). The molecule has 13 nitrogen and oxygen atoms in total. The van der Waals surface area contributed by atoms with Gasteiger partial charge in [-0.15, -0.1) is 0 Å². The standard InChI is InChI=1S/3C28H20N2O2.CH4O.2Tb/c3*31-27-15-13-19-7-1-3-9-21(19)23(27)17-29-25-11-5-6-12-26(25)30-18-24-22-10-4-2-8-20(22)14-16-28(24)32;1-2;;/h3*1-18,31-32H;2H,1H3;;/q;;;;2*+3/p-6. The molecule has 0 fully saturated rings. The number of aliphatic imine (C=N–C) groups is 6. The van der Waals surface area contributed by atoms with Crippen LogP contribution in [0.4, 0.5) is 34.1 Å². The molecule has 0 atom stereocenters. The third-order valence-corrected chi connectivity index (χ3v) is 16.2. The van der Waals surface area contributed by atoms with Crippen molar-refractivity contribution in [3.63, 3.8) is 0 Å². The van der Waals surface area contributed by atoms with Crippen LogP contribution in [0.15, 0.2) is 321 Å². The summed E-state index contributed by atoms with van der Waals surface area (Å²) >= 11 is 0. The zero-order valence-electron chi connectivity index (χ0n) is 53.4. The van der Waals surface area contributed by atoms with Crippen LogP contribution in [0.3, 0.4) is 0 Å². The Morgan fingerprint density at radius 1 is 0.190 bits per heavy atom. The van der Waals surface area contributed by atoms with E-state index in [1.807, 2.05) is 255 Å². The first kappa shape index (κ1) is 72.0. The Morgan fingerprint density at radius 2 is 0.320 bits per heavy atom. The fourth-order valence-electron chi connectivity index (χ4n) is 11.3. The van der Waals surface area contributed by atoms with E-state index in [2.05, 4.69) is 30.0 Å². The third-order valence-electron chi connectivity index (χ3n) is 16.2. The summed E-state index contributed by atoms with van der Waals surface area (Å²) in [4.78, 5) is 27.4. The zero-order valence-corrected chi connectivity index (χ0v) is 57.7. The van der Waals surface area contributed by atoms with E-state index in [1.54, 1.807) is 73.7 Å². The van der Waals surface area contributed by atoms with Crippen molar-refractivity contribution in [2.45, 2.75) is 0 Å². The van der Waals surface area contributed by atoms with Crippen LogP contribution in [0, 0.1) is 77.2 Å². The van der Waals surface area contributed by atoms with Crippen LogP contribution in [0.5, 0.6) is 34.5 Å². The number of rotatable bonds is 12. The number of benzene rings is 15. The van der Waals surface area contributed by atoms with Crippen LogP contribution in [0.25, 0.3) is 64.6 Å². The van der Waals surface area contributed by atoms with Gasteiger partial charge in [0, 0.05) is 44.4 Å². The monoisotopic (exact) mass is 1590 g/mol. The van der Waals surface area contributed by atoms with Gasteiger partial charge >= 0.3 is 77.2 Å². The second-order valence-corrected chi connectivity index (χ2v) is 22.2. The van der Waals surface area contributed by atoms with Gasteiger partial charge in [0.25, 0.3) is 0 Å². The average molecular weight is 1590 g/mol. The first-order chi connectivity index (χ1) is 48.1. The third kappa shape index (κ3) is 16.8. The van der Waals surface area contributed by atoms with Gasteiger partial charge in [0.15, 0.2) is 0 Å². The molecule has 0 heterocycles. The Balaban J connectivity index is 0.000000158. The molecule has 15 aromatic carbocycles. The molecule has 0 saturated heterocycles. The fraction of sp³-hybridized carbons (Fsp3) is 0.0118. The van der Waals surface area contributed by atoms with E-state index in [-0.39, 0.29) is 112 Å². The number of fused-ring (bicyclic) bond motifs is 6. The van der Waals surface area contributed by atoms with Crippen molar-refractivity contribution in [2.75, 3.05) is 7.11 Å². The SMILES string of the molecule is CO.[O-]c1ccc2ccccc2c1C=Nc1ccccc1N=Cc1c([O-])ccc2ccccc12.[O-]c1ccc2ccccc2c1C=Nc1ccccc1N=Cc1c([O-])ccc2ccccc12.[O-]c1ccc2ccccc2c1C=Nc1ccccc1N=Cc1c([O-])ccc2ccccc12.[Tb+3].[Tb+3]. The maximum atomic E-state index is 12.5. The number of para-hydroxylation sites is 6. The van der Waals surface area contributed by atoms with Gasteiger partial charge in [0.1, 0.15) is 0 Å². The van der Waals surface area contributed by atoms with Gasteiger partial charge in [-0.05, 0) is 134 Å². The van der Waals surface area contributed by atoms with E-state index in [1.165, 1.54) is 0 Å². The Morgan fingerprint density at radius 3 is 0.470 bits per heavy atom. The largest absolute Gasteiger partial charge is 3.00 e. The quantitative estimate of drug-likeness (QED) is 0.116. The molecule has 0 spiro atoms. The number of aliphatic hydroxyl groups excluding tert-OH is 1. The second-order valence-electron chi connectivity index (χ2n) is 22.2. The van der Waals surface area contributed by atoms with Gasteiger partial charge in [0.05, 0.1) is 34.1 Å². The van der Waals surface area contributed by atoms with Crippen molar-refractivity contribution in [1.82, 2.24) is 0 Å². The minimum absolute atomic E-state index is 0. The van der Waals surface area contributed by atoms with E-state index in [0.29, 0.717) is 67.5 Å². The molecular formula is C85H58N6O7Tb2. The fourth-order valence-corrected chi connectivity index (χ4v) is 11.3. The Hall–Kier alpha value is -10.8. The van der Waals surface area contributed by atoms with Crippen molar-refractivity contribution >= 4 is 136 Å². The van der Waals surface area contributed by atoms with Gasteiger partial charge in [-0.25, -0.2) is 0 Å². The smallest absolute Gasteiger partial charge is 0.872 e. The maximum absolute atomic E-state index is 12.5. The topological polar surface area (TPSA) is 233 Å². The molecular weight excluding hydrogens is 1530 g/mol. The first-order valence-electron chi connectivity index (χ1n) is 31.2. The Kier molecular flexibility index (Phi) is 24.9. The minimum Gasteiger partial charge on any atom is -0.872 e. The summed E-state index contributed by atoms with van der Waals surface area (Å²) in [6.45, 7) is 0. The summed E-state index contributed by atoms with van der Waals surface area (Å²) in [6.07, 6.45) is 9.56. The molecule has 1 N–H and O–H groups in total. The summed E-state index contributed by atoms with van der Waals surface area (Å²) in [5.74, 6) is -0.499. The Labute approximate surface area is 638 Å². The molecule has 0 aliphatic heterocycles. The number of nitrogens with zero attached hydrogens (tertiary/aromatic N) is 6. The summed E-state index contributed by atoms with van der Waals surface area (Å²) in [5.41, 5.74) is 6.93. The molecule has 0 amide bonds. The van der Waals surface area contributed by atoms with Crippen LogP contribution < -0.4 is 30.6 Å². The number of hydrogen-bond acceptors (Lipinski definition) is 13. The summed E-state index contributed by atoms with van der Waals surface area (Å²) < 4.78 is 0. The van der Waals surface area contributed by atoms with Crippen LogP contribution in [0.2, 0.25) is 0 Å². The predicted molar refractivity (Wildman–Crippen MR) is 391 cm³/mol. The maximum Gasteiger partial charge on any atom is 3.00 e. The van der Waals surface area contributed by atoms with Crippen molar-refractivity contribution < 1.29 is 113 Å². The first-order valence-corrected chi connectivity index (χ1v) is 31.2. The molecule has 0 aromatic heterocycles. The number of hydrogen-bond donors (Lipinski definition) is 1. The molecule has 488 valence electrons. The van der Waals surface area contributed by atoms with Gasteiger partial charge in [-0.1, -0.05) is 289 Å². The Bertz CT molecular complexity index is 4730. The van der Waals surface area contributed by atoms with E-state index < -0.39 is 0 Å². The van der Waals surface area contributed by atoms with Crippen molar-refractivity contribution in [3.05, 3.63) is 325 Å². The summed E-state index contributed by atoms with van der Waals surface area (Å²) in [7, 11) is 1.00. The molecule has 0 aliphatic carbocycles.